The zero-order valence-corrected chi connectivity index (χ0v) is 15.8. The lowest BCUT2D eigenvalue weighted by molar-refractivity contribution is -0.365. The molecule has 4 fully saturated rings. The fourth-order valence-corrected chi connectivity index (χ4v) is 6.50. The van der Waals surface area contributed by atoms with Gasteiger partial charge in [0.05, 0.1) is 12.7 Å². The Labute approximate surface area is 146 Å². The summed E-state index contributed by atoms with van der Waals surface area (Å²) < 4.78 is 13.4. The van der Waals surface area contributed by atoms with E-state index in [0.29, 0.717) is 41.5 Å². The molecular formula is C21H34O3. The number of rotatable bonds is 1. The van der Waals surface area contributed by atoms with Gasteiger partial charge in [0.2, 0.25) is 0 Å². The minimum Gasteiger partial charge on any atom is -0.349 e. The van der Waals surface area contributed by atoms with Crippen molar-refractivity contribution in [2.75, 3.05) is 6.61 Å². The number of hydrogen-bond acceptors (Lipinski definition) is 3. The van der Waals surface area contributed by atoms with Crippen molar-refractivity contribution in [3.63, 3.8) is 0 Å². The van der Waals surface area contributed by atoms with Gasteiger partial charge in [-0.2, -0.15) is 0 Å². The lowest BCUT2D eigenvalue weighted by Crippen LogP contribution is -2.60. The second-order valence-corrected chi connectivity index (χ2v) is 9.90. The molecule has 1 heterocycles. The summed E-state index contributed by atoms with van der Waals surface area (Å²) in [7, 11) is 0. The minimum absolute atomic E-state index is 0.201. The van der Waals surface area contributed by atoms with E-state index in [2.05, 4.69) is 27.7 Å². The summed E-state index contributed by atoms with van der Waals surface area (Å²) in [5.74, 6) is 2.77. The fourth-order valence-electron chi connectivity index (χ4n) is 6.50. The molecule has 0 N–H and O–H groups in total. The molecule has 7 atom stereocenters. The third-order valence-corrected chi connectivity index (χ3v) is 7.78. The number of ketones is 1. The van der Waals surface area contributed by atoms with E-state index in [1.165, 1.54) is 12.8 Å². The molecule has 1 saturated heterocycles. The van der Waals surface area contributed by atoms with Crippen LogP contribution < -0.4 is 0 Å². The summed E-state index contributed by atoms with van der Waals surface area (Å²) in [5, 5.41) is 0. The predicted molar refractivity (Wildman–Crippen MR) is 93.5 cm³/mol. The average Bonchev–Trinajstić information content (AvgIpc) is 2.81. The van der Waals surface area contributed by atoms with E-state index in [-0.39, 0.29) is 11.2 Å². The first-order valence-electron chi connectivity index (χ1n) is 10.2. The standard InChI is InChI=1S/C21H34O3/c1-13(2)17-6-5-14(3)10-21(17)23-12-16-18-9-15(22)11-20(18,4)8-7-19(16)24-21/h13-14,16-19H,5-12H2,1-4H3/t14-,16-,17+,18-,19-,20+,21+/m0/s1. The van der Waals surface area contributed by atoms with E-state index < -0.39 is 0 Å². The first-order valence-corrected chi connectivity index (χ1v) is 10.2. The topological polar surface area (TPSA) is 35.5 Å². The van der Waals surface area contributed by atoms with Crippen LogP contribution in [0.25, 0.3) is 0 Å². The Morgan fingerprint density at radius 1 is 1.21 bits per heavy atom. The van der Waals surface area contributed by atoms with Gasteiger partial charge < -0.3 is 9.47 Å². The largest absolute Gasteiger partial charge is 0.349 e. The molecule has 0 radical (unpaired) electrons. The zero-order chi connectivity index (χ0) is 17.1. The number of fused-ring (bicyclic) bond motifs is 3. The predicted octanol–water partition coefficient (Wildman–Crippen LogP) is 4.59. The van der Waals surface area contributed by atoms with Gasteiger partial charge in [-0.3, -0.25) is 4.79 Å². The quantitative estimate of drug-likeness (QED) is 0.704. The highest BCUT2D eigenvalue weighted by Gasteiger charge is 2.58. The Bertz CT molecular complexity index is 515. The molecule has 0 amide bonds. The molecule has 1 aliphatic heterocycles. The Kier molecular flexibility index (Phi) is 4.12. The minimum atomic E-state index is -0.358. The molecule has 24 heavy (non-hydrogen) atoms. The van der Waals surface area contributed by atoms with Gasteiger partial charge in [0, 0.05) is 31.1 Å². The van der Waals surface area contributed by atoms with E-state index >= 15 is 0 Å². The summed E-state index contributed by atoms with van der Waals surface area (Å²) in [5.41, 5.74) is 0.201. The van der Waals surface area contributed by atoms with Crippen LogP contribution in [0, 0.1) is 35.0 Å². The number of hydrogen-bond donors (Lipinski definition) is 0. The van der Waals surface area contributed by atoms with Crippen LogP contribution >= 0.6 is 0 Å². The lowest BCUT2D eigenvalue weighted by atomic mass is 9.62. The van der Waals surface area contributed by atoms with Crippen LogP contribution in [-0.4, -0.2) is 24.3 Å². The van der Waals surface area contributed by atoms with Crippen LogP contribution in [0.3, 0.4) is 0 Å². The van der Waals surface area contributed by atoms with Gasteiger partial charge >= 0.3 is 0 Å². The molecule has 4 rings (SSSR count). The summed E-state index contributed by atoms with van der Waals surface area (Å²) >= 11 is 0. The average molecular weight is 335 g/mol. The van der Waals surface area contributed by atoms with E-state index in [1.807, 2.05) is 0 Å². The van der Waals surface area contributed by atoms with Crippen molar-refractivity contribution in [1.29, 1.82) is 0 Å². The maximum Gasteiger partial charge on any atom is 0.171 e. The van der Waals surface area contributed by atoms with Crippen molar-refractivity contribution in [2.24, 2.45) is 35.0 Å². The molecule has 0 bridgehead atoms. The lowest BCUT2D eigenvalue weighted by Gasteiger charge is -2.57. The van der Waals surface area contributed by atoms with Crippen LogP contribution in [-0.2, 0) is 14.3 Å². The van der Waals surface area contributed by atoms with E-state index in [9.17, 15) is 4.79 Å². The van der Waals surface area contributed by atoms with E-state index in [1.54, 1.807) is 0 Å². The van der Waals surface area contributed by atoms with Crippen LogP contribution in [0.15, 0.2) is 0 Å². The molecule has 0 aromatic heterocycles. The first kappa shape index (κ1) is 17.0. The van der Waals surface area contributed by atoms with Crippen molar-refractivity contribution in [3.8, 4) is 0 Å². The Morgan fingerprint density at radius 2 is 2.00 bits per heavy atom. The highest BCUT2D eigenvalue weighted by Crippen LogP contribution is 2.57. The second kappa shape index (κ2) is 5.81. The first-order chi connectivity index (χ1) is 11.3. The summed E-state index contributed by atoms with van der Waals surface area (Å²) in [6, 6.07) is 0. The normalized spacial score (nSPS) is 51.7. The monoisotopic (exact) mass is 334 g/mol. The second-order valence-electron chi connectivity index (χ2n) is 9.90. The number of Topliss-reactive ketones (excluding diaryl/α,β-unsaturated/α-hetero) is 1. The summed E-state index contributed by atoms with van der Waals surface area (Å²) in [6.45, 7) is 10.1. The molecule has 3 aliphatic carbocycles. The summed E-state index contributed by atoms with van der Waals surface area (Å²) in [4.78, 5) is 12.1. The molecule has 136 valence electrons. The molecule has 3 saturated carbocycles. The maximum absolute atomic E-state index is 12.1. The van der Waals surface area contributed by atoms with Crippen molar-refractivity contribution in [3.05, 3.63) is 0 Å². The smallest absolute Gasteiger partial charge is 0.171 e. The molecule has 0 aromatic carbocycles. The SMILES string of the molecule is CC(C)[C@H]1CC[C@H](C)C[C@]12OC[C@@H]1[C@H](CC[C@]3(C)CC(=O)C[C@@H]13)O2. The van der Waals surface area contributed by atoms with Gasteiger partial charge in [-0.15, -0.1) is 0 Å². The van der Waals surface area contributed by atoms with Gasteiger partial charge in [0.25, 0.3) is 0 Å². The van der Waals surface area contributed by atoms with Gasteiger partial charge in [-0.1, -0.05) is 34.1 Å². The number of ether oxygens (including phenoxy) is 2. The van der Waals surface area contributed by atoms with Crippen LogP contribution in [0.5, 0.6) is 0 Å². The van der Waals surface area contributed by atoms with Crippen molar-refractivity contribution in [2.45, 2.75) is 84.5 Å². The number of carbonyl (C=O) groups excluding carboxylic acids is 1. The van der Waals surface area contributed by atoms with Crippen LogP contribution in [0.1, 0.15) is 72.6 Å². The van der Waals surface area contributed by atoms with Gasteiger partial charge in [-0.05, 0) is 42.4 Å². The van der Waals surface area contributed by atoms with Crippen molar-refractivity contribution < 1.29 is 14.3 Å². The van der Waals surface area contributed by atoms with Crippen molar-refractivity contribution in [1.82, 2.24) is 0 Å². The number of carbonyl (C=O) groups is 1. The van der Waals surface area contributed by atoms with Gasteiger partial charge in [0.15, 0.2) is 5.79 Å². The molecule has 1 spiro atoms. The third kappa shape index (κ3) is 2.58. The molecular weight excluding hydrogens is 300 g/mol. The zero-order valence-electron chi connectivity index (χ0n) is 15.8. The van der Waals surface area contributed by atoms with Crippen LogP contribution in [0.4, 0.5) is 0 Å². The van der Waals surface area contributed by atoms with Crippen molar-refractivity contribution >= 4 is 5.78 Å². The molecule has 3 heteroatoms. The third-order valence-electron chi connectivity index (χ3n) is 7.78. The van der Waals surface area contributed by atoms with Gasteiger partial charge in [-0.25, -0.2) is 0 Å². The highest BCUT2D eigenvalue weighted by molar-refractivity contribution is 5.82. The van der Waals surface area contributed by atoms with E-state index in [0.717, 1.165) is 38.7 Å². The molecule has 4 aliphatic rings. The van der Waals surface area contributed by atoms with E-state index in [4.69, 9.17) is 9.47 Å². The Balaban J connectivity index is 1.57. The Hall–Kier alpha value is -0.410. The molecule has 3 nitrogen and oxygen atoms in total. The van der Waals surface area contributed by atoms with Gasteiger partial charge in [0.1, 0.15) is 5.78 Å². The summed E-state index contributed by atoms with van der Waals surface area (Å²) in [6.07, 6.45) is 7.63. The molecule has 0 aromatic rings. The fraction of sp³-hybridized carbons (Fsp3) is 0.952. The molecule has 0 unspecified atom stereocenters. The van der Waals surface area contributed by atoms with Crippen LogP contribution in [0.2, 0.25) is 0 Å². The maximum atomic E-state index is 12.1. The highest BCUT2D eigenvalue weighted by atomic mass is 16.7. The Morgan fingerprint density at radius 3 is 2.75 bits per heavy atom.